The van der Waals surface area contributed by atoms with Crippen LogP contribution in [0.2, 0.25) is 0 Å². The number of piperidine rings is 1. The number of hydrogen-bond donors (Lipinski definition) is 1. The normalized spacial score (nSPS) is 23.2. The van der Waals surface area contributed by atoms with Gasteiger partial charge in [0.25, 0.3) is 0 Å². The van der Waals surface area contributed by atoms with Gasteiger partial charge in [-0.1, -0.05) is 0 Å². The van der Waals surface area contributed by atoms with Crippen LogP contribution in [0.25, 0.3) is 0 Å². The molecule has 1 atom stereocenters. The Morgan fingerprint density at radius 2 is 2.21 bits per heavy atom. The highest BCUT2D eigenvalue weighted by atomic mass is 16.6. The maximum absolute atomic E-state index is 11.4. The van der Waals surface area contributed by atoms with Crippen LogP contribution in [0.5, 0.6) is 0 Å². The molecule has 1 N–H and O–H groups in total. The summed E-state index contributed by atoms with van der Waals surface area (Å²) in [5.74, 6) is 0.157. The molecule has 3 nitrogen and oxygen atoms in total. The van der Waals surface area contributed by atoms with Gasteiger partial charge in [-0.05, 0) is 52.6 Å². The Balaban J connectivity index is 2.25. The third kappa shape index (κ3) is 4.61. The molecule has 1 heterocycles. The number of carbonyl (C=O) groups excluding carboxylic acids is 1. The minimum atomic E-state index is -0.379. The average Bonchev–Trinajstić information content (AvgIpc) is 2.02. The summed E-state index contributed by atoms with van der Waals surface area (Å²) in [7, 11) is 0. The molecule has 0 amide bonds. The van der Waals surface area contributed by atoms with Gasteiger partial charge in [-0.3, -0.25) is 4.79 Å². The van der Waals surface area contributed by atoms with Crippen LogP contribution in [-0.4, -0.2) is 24.7 Å². The molecule has 1 aliphatic heterocycles. The Bertz CT molecular complexity index is 190. The van der Waals surface area contributed by atoms with Crippen LogP contribution in [0.4, 0.5) is 0 Å². The molecule has 14 heavy (non-hydrogen) atoms. The average molecular weight is 198 g/mol. The molecule has 0 aromatic rings. The van der Waals surface area contributed by atoms with Crippen LogP contribution < -0.4 is 5.32 Å². The molecule has 0 saturated carbocycles. The minimum Gasteiger partial charge on any atom is -0.460 e. The Morgan fingerprint density at radius 1 is 1.50 bits per heavy atom. The lowest BCUT2D eigenvalue weighted by Gasteiger charge is -2.24. The maximum atomic E-state index is 11.4. The zero-order valence-corrected chi connectivity index (χ0v) is 9.30. The smallest absolute Gasteiger partial charge is 0.310 e. The molecule has 1 unspecified atom stereocenters. The van der Waals surface area contributed by atoms with E-state index in [1.807, 2.05) is 20.8 Å². The number of hydrogen-bond acceptors (Lipinski definition) is 3. The summed E-state index contributed by atoms with van der Waals surface area (Å²) in [5.41, 5.74) is -0.379. The van der Waals surface area contributed by atoms with Gasteiger partial charge in [-0.2, -0.15) is 0 Å². The van der Waals surface area contributed by atoms with Crippen molar-refractivity contribution >= 4 is 5.97 Å². The van der Waals surface area contributed by atoms with Crippen LogP contribution in [0.1, 0.15) is 33.6 Å². The number of carbonyl (C=O) groups is 1. The topological polar surface area (TPSA) is 38.3 Å². The van der Waals surface area contributed by atoms with Crippen molar-refractivity contribution in [3.8, 4) is 0 Å². The van der Waals surface area contributed by atoms with E-state index in [1.54, 1.807) is 6.42 Å². The van der Waals surface area contributed by atoms with Crippen molar-refractivity contribution in [3.05, 3.63) is 6.42 Å². The van der Waals surface area contributed by atoms with Gasteiger partial charge >= 0.3 is 5.97 Å². The zero-order chi connectivity index (χ0) is 10.6. The molecule has 81 valence electrons. The first-order valence-corrected chi connectivity index (χ1v) is 5.26. The molecule has 1 rings (SSSR count). The molecular formula is C11H20NO2. The summed E-state index contributed by atoms with van der Waals surface area (Å²) in [5, 5.41) is 3.26. The highest BCUT2D eigenvalue weighted by Gasteiger charge is 2.21. The van der Waals surface area contributed by atoms with Gasteiger partial charge in [-0.25, -0.2) is 0 Å². The van der Waals surface area contributed by atoms with E-state index >= 15 is 0 Å². The van der Waals surface area contributed by atoms with Gasteiger partial charge < -0.3 is 10.1 Å². The fourth-order valence-electron chi connectivity index (χ4n) is 1.55. The van der Waals surface area contributed by atoms with Crippen molar-refractivity contribution in [1.82, 2.24) is 5.32 Å². The zero-order valence-electron chi connectivity index (χ0n) is 9.30. The SMILES string of the molecule is CC(C)(C)OC(=O)[CH]C1CCCNC1. The van der Waals surface area contributed by atoms with Gasteiger partial charge in [-0.15, -0.1) is 0 Å². The largest absolute Gasteiger partial charge is 0.460 e. The predicted molar refractivity (Wildman–Crippen MR) is 55.7 cm³/mol. The predicted octanol–water partition coefficient (Wildman–Crippen LogP) is 1.53. The summed E-state index contributed by atoms with van der Waals surface area (Å²) in [6.45, 7) is 7.63. The molecule has 3 heteroatoms. The maximum Gasteiger partial charge on any atom is 0.310 e. The van der Waals surface area contributed by atoms with Crippen LogP contribution in [0, 0.1) is 12.3 Å². The Labute approximate surface area is 86.2 Å². The Kier molecular flexibility index (Phi) is 3.93. The highest BCUT2D eigenvalue weighted by Crippen LogP contribution is 2.16. The van der Waals surface area contributed by atoms with E-state index < -0.39 is 0 Å². The lowest BCUT2D eigenvalue weighted by molar-refractivity contribution is -0.151. The summed E-state index contributed by atoms with van der Waals surface area (Å²) in [6, 6.07) is 0. The first-order chi connectivity index (χ1) is 6.47. The first-order valence-electron chi connectivity index (χ1n) is 5.26. The summed E-state index contributed by atoms with van der Waals surface area (Å²) in [4.78, 5) is 11.4. The van der Waals surface area contributed by atoms with Gasteiger partial charge in [0.1, 0.15) is 5.60 Å². The van der Waals surface area contributed by atoms with Crippen LogP contribution in [0.3, 0.4) is 0 Å². The minimum absolute atomic E-state index is 0.189. The third-order valence-corrected chi connectivity index (χ3v) is 2.11. The van der Waals surface area contributed by atoms with Crippen molar-refractivity contribution < 1.29 is 9.53 Å². The quantitative estimate of drug-likeness (QED) is 0.684. The van der Waals surface area contributed by atoms with E-state index in [4.69, 9.17) is 4.74 Å². The molecule has 0 aliphatic carbocycles. The molecular weight excluding hydrogens is 178 g/mol. The van der Waals surface area contributed by atoms with Gasteiger partial charge in [0.15, 0.2) is 0 Å². The molecule has 0 spiro atoms. The second-order valence-corrected chi connectivity index (χ2v) is 4.81. The van der Waals surface area contributed by atoms with Gasteiger partial charge in [0, 0.05) is 0 Å². The van der Waals surface area contributed by atoms with E-state index in [0.717, 1.165) is 25.9 Å². The van der Waals surface area contributed by atoms with Gasteiger partial charge in [0.2, 0.25) is 0 Å². The number of rotatable bonds is 2. The van der Waals surface area contributed by atoms with Crippen LogP contribution >= 0.6 is 0 Å². The molecule has 0 aromatic carbocycles. The molecule has 1 radical (unpaired) electrons. The molecule has 1 fully saturated rings. The lowest BCUT2D eigenvalue weighted by Crippen LogP contribution is -2.33. The highest BCUT2D eigenvalue weighted by molar-refractivity contribution is 5.79. The second-order valence-electron chi connectivity index (χ2n) is 4.81. The van der Waals surface area contributed by atoms with Crippen LogP contribution in [-0.2, 0) is 9.53 Å². The van der Waals surface area contributed by atoms with E-state index in [9.17, 15) is 4.79 Å². The molecule has 0 bridgehead atoms. The summed E-state index contributed by atoms with van der Waals surface area (Å²) >= 11 is 0. The fraction of sp³-hybridized carbons (Fsp3) is 0.818. The van der Waals surface area contributed by atoms with E-state index in [0.29, 0.717) is 5.92 Å². The summed E-state index contributed by atoms with van der Waals surface area (Å²) in [6.07, 6.45) is 3.94. The molecule has 0 aromatic heterocycles. The second kappa shape index (κ2) is 4.78. The third-order valence-electron chi connectivity index (χ3n) is 2.11. The van der Waals surface area contributed by atoms with Crippen molar-refractivity contribution in [1.29, 1.82) is 0 Å². The Morgan fingerprint density at radius 3 is 2.71 bits per heavy atom. The van der Waals surface area contributed by atoms with Crippen molar-refractivity contribution in [2.75, 3.05) is 13.1 Å². The van der Waals surface area contributed by atoms with Crippen molar-refractivity contribution in [2.45, 2.75) is 39.2 Å². The molecule has 1 aliphatic rings. The number of esters is 1. The van der Waals surface area contributed by atoms with E-state index in [-0.39, 0.29) is 11.6 Å². The molecule has 1 saturated heterocycles. The van der Waals surface area contributed by atoms with E-state index in [2.05, 4.69) is 5.32 Å². The fourth-order valence-corrected chi connectivity index (χ4v) is 1.55. The Hall–Kier alpha value is -0.570. The van der Waals surface area contributed by atoms with Crippen LogP contribution in [0.15, 0.2) is 0 Å². The summed E-state index contributed by atoms with van der Waals surface area (Å²) < 4.78 is 5.22. The number of nitrogens with one attached hydrogen (secondary N) is 1. The monoisotopic (exact) mass is 198 g/mol. The van der Waals surface area contributed by atoms with Gasteiger partial charge in [0.05, 0.1) is 6.42 Å². The van der Waals surface area contributed by atoms with Crippen molar-refractivity contribution in [2.24, 2.45) is 5.92 Å². The lowest BCUT2D eigenvalue weighted by atomic mass is 9.96. The first kappa shape index (κ1) is 11.5. The van der Waals surface area contributed by atoms with Crippen molar-refractivity contribution in [3.63, 3.8) is 0 Å². The number of ether oxygens (including phenoxy) is 1. The standard InChI is InChI=1S/C11H20NO2/c1-11(2,3)14-10(13)7-9-5-4-6-12-8-9/h7,9,12H,4-6,8H2,1-3H3. The van der Waals surface area contributed by atoms with E-state index in [1.165, 1.54) is 0 Å².